The van der Waals surface area contributed by atoms with Crippen molar-refractivity contribution in [2.75, 3.05) is 12.9 Å². The molecule has 1 heterocycles. The number of nitrogens with one attached hydrogen (secondary N) is 1. The molecule has 0 bridgehead atoms. The molecule has 1 amide bonds. The molecule has 0 radical (unpaired) electrons. The number of aryl methyl sites for hydroxylation is 1. The fraction of sp³-hybridized carbons (Fsp3) is 0.250. The number of fused-ring (bicyclic) bond motifs is 1. The molecule has 1 aromatic heterocycles. The van der Waals surface area contributed by atoms with Gasteiger partial charge in [0.2, 0.25) is 5.91 Å². The zero-order valence-electron chi connectivity index (χ0n) is 17.7. The van der Waals surface area contributed by atoms with Gasteiger partial charge in [-0.05, 0) is 49.4 Å². The number of hydrogen-bond donors (Lipinski definition) is 2. The number of carbonyl (C=O) groups excluding carboxylic acids is 1. The molecule has 32 heavy (non-hydrogen) atoms. The van der Waals surface area contributed by atoms with Crippen molar-refractivity contribution < 1.29 is 14.6 Å². The van der Waals surface area contributed by atoms with E-state index in [0.717, 1.165) is 47.5 Å². The smallest absolute Gasteiger partial charge is 0.250 e. The summed E-state index contributed by atoms with van der Waals surface area (Å²) < 4.78 is 5.07. The standard InChI is InChI=1S/C24H24N4O3S/c1-31-21-13-16(11-12-20(21)29)14-25-28-22(30)15-32-24-18-9-5-6-10-19(18)26-23(27-24)17-7-3-2-4-8-17/h2-4,7-8,11-14,29H,5-6,9-10,15H2,1H3,(H,28,30)/b25-14+. The first-order valence-corrected chi connectivity index (χ1v) is 11.4. The number of aromatic hydroxyl groups is 1. The topological polar surface area (TPSA) is 96.7 Å². The largest absolute Gasteiger partial charge is 0.504 e. The van der Waals surface area contributed by atoms with Crippen molar-refractivity contribution in [3.8, 4) is 22.9 Å². The van der Waals surface area contributed by atoms with E-state index in [2.05, 4.69) is 10.5 Å². The SMILES string of the molecule is COc1cc(/C=N/NC(=O)CSc2nc(-c3ccccc3)nc3c2CCCC3)ccc1O. The van der Waals surface area contributed by atoms with Crippen LogP contribution < -0.4 is 10.2 Å². The normalized spacial score (nSPS) is 13.0. The first-order chi connectivity index (χ1) is 15.6. The molecule has 0 aliphatic heterocycles. The maximum Gasteiger partial charge on any atom is 0.250 e. The highest BCUT2D eigenvalue weighted by molar-refractivity contribution is 7.99. The van der Waals surface area contributed by atoms with E-state index in [1.807, 2.05) is 30.3 Å². The Kier molecular flexibility index (Phi) is 7.01. The summed E-state index contributed by atoms with van der Waals surface area (Å²) in [7, 11) is 1.48. The first-order valence-electron chi connectivity index (χ1n) is 10.4. The van der Waals surface area contributed by atoms with Gasteiger partial charge in [-0.15, -0.1) is 0 Å². The van der Waals surface area contributed by atoms with Crippen LogP contribution in [0.4, 0.5) is 0 Å². The third kappa shape index (κ3) is 5.26. The number of carbonyl (C=O) groups is 1. The van der Waals surface area contributed by atoms with Crippen LogP contribution in [0.3, 0.4) is 0 Å². The van der Waals surface area contributed by atoms with Gasteiger partial charge in [-0.3, -0.25) is 4.79 Å². The zero-order valence-corrected chi connectivity index (χ0v) is 18.6. The number of methoxy groups -OCH3 is 1. The van der Waals surface area contributed by atoms with Crippen LogP contribution in [0, 0.1) is 0 Å². The number of hydrazone groups is 1. The average Bonchev–Trinajstić information content (AvgIpc) is 2.84. The Morgan fingerprint density at radius 2 is 2.00 bits per heavy atom. The number of nitrogens with zero attached hydrogens (tertiary/aromatic N) is 3. The lowest BCUT2D eigenvalue weighted by Crippen LogP contribution is -2.20. The van der Waals surface area contributed by atoms with Gasteiger partial charge in [-0.25, -0.2) is 15.4 Å². The van der Waals surface area contributed by atoms with Crippen molar-refractivity contribution in [2.24, 2.45) is 5.10 Å². The number of phenolic OH excluding ortho intramolecular Hbond substituents is 1. The van der Waals surface area contributed by atoms with Crippen LogP contribution in [-0.2, 0) is 17.6 Å². The fourth-order valence-corrected chi connectivity index (χ4v) is 4.39. The van der Waals surface area contributed by atoms with Crippen LogP contribution in [0.2, 0.25) is 0 Å². The van der Waals surface area contributed by atoms with Crippen LogP contribution in [0.25, 0.3) is 11.4 Å². The van der Waals surface area contributed by atoms with Gasteiger partial charge >= 0.3 is 0 Å². The third-order valence-electron chi connectivity index (χ3n) is 5.12. The van der Waals surface area contributed by atoms with Crippen molar-refractivity contribution in [1.29, 1.82) is 0 Å². The van der Waals surface area contributed by atoms with Gasteiger partial charge in [0, 0.05) is 16.8 Å². The molecule has 164 valence electrons. The quantitative estimate of drug-likeness (QED) is 0.246. The van der Waals surface area contributed by atoms with Crippen LogP contribution >= 0.6 is 11.8 Å². The van der Waals surface area contributed by atoms with Crippen LogP contribution in [0.15, 0.2) is 58.7 Å². The first kappa shape index (κ1) is 21.8. The number of rotatable bonds is 7. The summed E-state index contributed by atoms with van der Waals surface area (Å²) in [5, 5.41) is 14.5. The highest BCUT2D eigenvalue weighted by Gasteiger charge is 2.19. The molecular weight excluding hydrogens is 424 g/mol. The van der Waals surface area contributed by atoms with E-state index < -0.39 is 0 Å². The van der Waals surface area contributed by atoms with Crippen LogP contribution in [0.1, 0.15) is 29.7 Å². The second kappa shape index (κ2) is 10.3. The number of aromatic nitrogens is 2. The summed E-state index contributed by atoms with van der Waals surface area (Å²) in [6, 6.07) is 14.7. The zero-order chi connectivity index (χ0) is 22.3. The van der Waals surface area contributed by atoms with Crippen molar-refractivity contribution in [3.63, 3.8) is 0 Å². The van der Waals surface area contributed by atoms with Crippen molar-refractivity contribution in [1.82, 2.24) is 15.4 Å². The van der Waals surface area contributed by atoms with E-state index in [-0.39, 0.29) is 17.4 Å². The minimum atomic E-state index is -0.221. The molecule has 0 spiro atoms. The van der Waals surface area contributed by atoms with Gasteiger partial charge in [0.05, 0.1) is 19.1 Å². The predicted molar refractivity (Wildman–Crippen MR) is 125 cm³/mol. The second-order valence-corrected chi connectivity index (χ2v) is 8.33. The molecule has 0 atom stereocenters. The van der Waals surface area contributed by atoms with Gasteiger partial charge in [0.15, 0.2) is 17.3 Å². The van der Waals surface area contributed by atoms with E-state index >= 15 is 0 Å². The molecular formula is C24H24N4O3S. The van der Waals surface area contributed by atoms with Crippen LogP contribution in [-0.4, -0.2) is 40.1 Å². The molecule has 4 rings (SSSR count). The molecule has 0 saturated heterocycles. The minimum absolute atomic E-state index is 0.0492. The molecule has 1 aliphatic rings. The van der Waals surface area contributed by atoms with Gasteiger partial charge < -0.3 is 9.84 Å². The molecule has 7 nitrogen and oxygen atoms in total. The Morgan fingerprint density at radius 3 is 2.81 bits per heavy atom. The molecule has 3 aromatic rings. The summed E-state index contributed by atoms with van der Waals surface area (Å²) in [6.07, 6.45) is 5.62. The van der Waals surface area contributed by atoms with E-state index in [1.165, 1.54) is 31.2 Å². The van der Waals surface area contributed by atoms with Crippen molar-refractivity contribution >= 4 is 23.9 Å². The number of phenols is 1. The number of ether oxygens (including phenoxy) is 1. The lowest BCUT2D eigenvalue weighted by atomic mass is 9.97. The Bertz CT molecular complexity index is 1140. The monoisotopic (exact) mass is 448 g/mol. The van der Waals surface area contributed by atoms with Gasteiger partial charge in [0.1, 0.15) is 5.03 Å². The summed E-state index contributed by atoms with van der Waals surface area (Å²) >= 11 is 1.42. The van der Waals surface area contributed by atoms with E-state index in [0.29, 0.717) is 17.1 Å². The maximum atomic E-state index is 12.4. The Hall–Kier alpha value is -3.39. The third-order valence-corrected chi connectivity index (χ3v) is 6.14. The second-order valence-electron chi connectivity index (χ2n) is 7.36. The van der Waals surface area contributed by atoms with Crippen LogP contribution in [0.5, 0.6) is 11.5 Å². The molecule has 2 N–H and O–H groups in total. The Morgan fingerprint density at radius 1 is 1.19 bits per heavy atom. The van der Waals surface area contributed by atoms with E-state index in [1.54, 1.807) is 12.1 Å². The summed E-state index contributed by atoms with van der Waals surface area (Å²) in [4.78, 5) is 21.9. The molecule has 1 aliphatic carbocycles. The van der Waals surface area contributed by atoms with Crippen molar-refractivity contribution in [2.45, 2.75) is 30.7 Å². The average molecular weight is 449 g/mol. The highest BCUT2D eigenvalue weighted by Crippen LogP contribution is 2.31. The Labute approximate surface area is 191 Å². The maximum absolute atomic E-state index is 12.4. The van der Waals surface area contributed by atoms with E-state index in [9.17, 15) is 9.90 Å². The summed E-state index contributed by atoms with van der Waals surface area (Å²) in [5.74, 6) is 1.08. The summed E-state index contributed by atoms with van der Waals surface area (Å²) in [5.41, 5.74) is 6.47. The van der Waals surface area contributed by atoms with E-state index in [4.69, 9.17) is 14.7 Å². The summed E-state index contributed by atoms with van der Waals surface area (Å²) in [6.45, 7) is 0. The number of hydrogen-bond acceptors (Lipinski definition) is 7. The molecule has 8 heteroatoms. The molecule has 2 aromatic carbocycles. The Balaban J connectivity index is 1.43. The van der Waals surface area contributed by atoms with Gasteiger partial charge in [0.25, 0.3) is 0 Å². The molecule has 0 saturated carbocycles. The number of amides is 1. The number of benzene rings is 2. The minimum Gasteiger partial charge on any atom is -0.504 e. The lowest BCUT2D eigenvalue weighted by Gasteiger charge is -2.18. The fourth-order valence-electron chi connectivity index (χ4n) is 3.51. The molecule has 0 unspecified atom stereocenters. The van der Waals surface area contributed by atoms with Gasteiger partial charge in [-0.1, -0.05) is 42.1 Å². The number of thioether (sulfide) groups is 1. The lowest BCUT2D eigenvalue weighted by molar-refractivity contribution is -0.118. The predicted octanol–water partition coefficient (Wildman–Crippen LogP) is 3.98. The van der Waals surface area contributed by atoms with Crippen molar-refractivity contribution in [3.05, 3.63) is 65.4 Å². The molecule has 0 fully saturated rings. The highest BCUT2D eigenvalue weighted by atomic mass is 32.2. The van der Waals surface area contributed by atoms with Gasteiger partial charge in [-0.2, -0.15) is 5.10 Å².